The third kappa shape index (κ3) is 2.16. The molecule has 0 N–H and O–H groups in total. The summed E-state index contributed by atoms with van der Waals surface area (Å²) in [5.74, 6) is 0. The highest BCUT2D eigenvalue weighted by atomic mass is 15.0. The van der Waals surface area contributed by atoms with Crippen molar-refractivity contribution in [3.05, 3.63) is 82.9 Å². The first kappa shape index (κ1) is 14.1. The van der Waals surface area contributed by atoms with Crippen LogP contribution in [0.15, 0.2) is 60.7 Å². The molecule has 1 heteroatoms. The Balaban J connectivity index is 1.96. The highest BCUT2D eigenvalue weighted by Gasteiger charge is 2.11. The molecule has 0 aliphatic heterocycles. The second kappa shape index (κ2) is 5.27. The van der Waals surface area contributed by atoms with Crippen molar-refractivity contribution in [1.82, 2.24) is 4.57 Å². The summed E-state index contributed by atoms with van der Waals surface area (Å²) in [7, 11) is 0. The average Bonchev–Trinajstić information content (AvgIpc) is 2.90. The van der Waals surface area contributed by atoms with Crippen LogP contribution in [0.4, 0.5) is 0 Å². The zero-order valence-corrected chi connectivity index (χ0v) is 13.9. The van der Waals surface area contributed by atoms with Gasteiger partial charge in [0.15, 0.2) is 0 Å². The van der Waals surface area contributed by atoms with Crippen LogP contribution in [0.2, 0.25) is 0 Å². The van der Waals surface area contributed by atoms with Gasteiger partial charge in [-0.2, -0.15) is 0 Å². The summed E-state index contributed by atoms with van der Waals surface area (Å²) < 4.78 is 2.45. The van der Waals surface area contributed by atoms with Crippen LogP contribution in [0.3, 0.4) is 0 Å². The molecular weight excluding hydrogens is 278 g/mol. The van der Waals surface area contributed by atoms with Crippen LogP contribution in [-0.2, 0) is 6.54 Å². The largest absolute Gasteiger partial charge is 0.336 e. The maximum atomic E-state index is 2.45. The van der Waals surface area contributed by atoms with Gasteiger partial charge in [-0.3, -0.25) is 0 Å². The summed E-state index contributed by atoms with van der Waals surface area (Å²) in [4.78, 5) is 0. The monoisotopic (exact) mass is 299 g/mol. The van der Waals surface area contributed by atoms with Crippen molar-refractivity contribution < 1.29 is 0 Å². The van der Waals surface area contributed by atoms with Crippen molar-refractivity contribution >= 4 is 21.8 Å². The van der Waals surface area contributed by atoms with Crippen molar-refractivity contribution in [3.8, 4) is 0 Å². The molecule has 1 heterocycles. The lowest BCUT2D eigenvalue weighted by molar-refractivity contribution is 0.858. The van der Waals surface area contributed by atoms with Gasteiger partial charge in [-0.05, 0) is 55.2 Å². The van der Waals surface area contributed by atoms with Crippen LogP contribution in [0, 0.1) is 20.8 Å². The molecule has 4 rings (SSSR count). The maximum absolute atomic E-state index is 2.45. The Kier molecular flexibility index (Phi) is 3.23. The molecule has 0 aliphatic rings. The zero-order chi connectivity index (χ0) is 16.0. The van der Waals surface area contributed by atoms with E-state index in [1.165, 1.54) is 44.1 Å². The number of rotatable bonds is 2. The number of para-hydroxylation sites is 2. The fourth-order valence-electron chi connectivity index (χ4n) is 3.53. The van der Waals surface area contributed by atoms with Gasteiger partial charge in [-0.1, -0.05) is 48.5 Å². The average molecular weight is 299 g/mol. The van der Waals surface area contributed by atoms with Gasteiger partial charge in [0.05, 0.1) is 0 Å². The fraction of sp³-hybridized carbons (Fsp3) is 0.182. The quantitative estimate of drug-likeness (QED) is 0.443. The van der Waals surface area contributed by atoms with E-state index in [0.29, 0.717) is 0 Å². The van der Waals surface area contributed by atoms with Crippen molar-refractivity contribution in [1.29, 1.82) is 0 Å². The van der Waals surface area contributed by atoms with E-state index in [1.807, 2.05) is 0 Å². The Morgan fingerprint density at radius 3 is 1.83 bits per heavy atom. The number of hydrogen-bond donors (Lipinski definition) is 0. The first-order chi connectivity index (χ1) is 11.2. The molecule has 0 atom stereocenters. The Hall–Kier alpha value is -2.54. The summed E-state index contributed by atoms with van der Waals surface area (Å²) in [5, 5.41) is 2.68. The van der Waals surface area contributed by atoms with E-state index in [4.69, 9.17) is 0 Å². The highest BCUT2D eigenvalue weighted by Crippen LogP contribution is 2.30. The Bertz CT molecular complexity index is 968. The van der Waals surface area contributed by atoms with E-state index < -0.39 is 0 Å². The number of nitrogens with zero attached hydrogens (tertiary/aromatic N) is 1. The van der Waals surface area contributed by atoms with Crippen LogP contribution in [0.1, 0.15) is 22.3 Å². The van der Waals surface area contributed by atoms with E-state index in [1.54, 1.807) is 0 Å². The minimum Gasteiger partial charge on any atom is -0.336 e. The molecule has 0 radical (unpaired) electrons. The molecule has 3 aromatic carbocycles. The van der Waals surface area contributed by atoms with Crippen molar-refractivity contribution in [3.63, 3.8) is 0 Å². The number of benzene rings is 3. The highest BCUT2D eigenvalue weighted by molar-refractivity contribution is 6.08. The zero-order valence-electron chi connectivity index (χ0n) is 13.9. The molecule has 0 saturated carbocycles. The first-order valence-corrected chi connectivity index (χ1v) is 8.18. The predicted octanol–water partition coefficient (Wildman–Crippen LogP) is 5.77. The predicted molar refractivity (Wildman–Crippen MR) is 99.2 cm³/mol. The number of fused-ring (bicyclic) bond motifs is 3. The van der Waals surface area contributed by atoms with E-state index >= 15 is 0 Å². The van der Waals surface area contributed by atoms with Crippen LogP contribution < -0.4 is 0 Å². The summed E-state index contributed by atoms with van der Waals surface area (Å²) in [6, 6.07) is 21.9. The van der Waals surface area contributed by atoms with Gasteiger partial charge in [-0.25, -0.2) is 0 Å². The topological polar surface area (TPSA) is 4.93 Å². The SMILES string of the molecule is Cc1ccc(Cn2c3ccccc3c3ccccc32)c(C)c1C. The first-order valence-electron chi connectivity index (χ1n) is 8.18. The molecule has 0 saturated heterocycles. The van der Waals surface area contributed by atoms with E-state index in [2.05, 4.69) is 86.0 Å². The fourth-order valence-corrected chi connectivity index (χ4v) is 3.53. The summed E-state index contributed by atoms with van der Waals surface area (Å²) in [6.45, 7) is 7.57. The Morgan fingerprint density at radius 1 is 0.652 bits per heavy atom. The third-order valence-corrected chi connectivity index (χ3v) is 5.18. The molecule has 4 aromatic rings. The summed E-state index contributed by atoms with van der Waals surface area (Å²) in [6.07, 6.45) is 0. The molecular formula is C22H21N. The molecule has 0 bridgehead atoms. The van der Waals surface area contributed by atoms with Gasteiger partial charge in [0.1, 0.15) is 0 Å². The lowest BCUT2D eigenvalue weighted by Gasteiger charge is -2.14. The third-order valence-electron chi connectivity index (χ3n) is 5.18. The minimum atomic E-state index is 0.918. The number of hydrogen-bond acceptors (Lipinski definition) is 0. The Labute approximate surface area is 137 Å². The van der Waals surface area contributed by atoms with Crippen LogP contribution in [-0.4, -0.2) is 4.57 Å². The summed E-state index contributed by atoms with van der Waals surface area (Å²) in [5.41, 5.74) is 8.21. The van der Waals surface area contributed by atoms with Crippen molar-refractivity contribution in [2.45, 2.75) is 27.3 Å². The molecule has 23 heavy (non-hydrogen) atoms. The number of aryl methyl sites for hydroxylation is 1. The van der Waals surface area contributed by atoms with Crippen molar-refractivity contribution in [2.24, 2.45) is 0 Å². The normalized spacial score (nSPS) is 11.4. The van der Waals surface area contributed by atoms with Gasteiger partial charge in [0.25, 0.3) is 0 Å². The van der Waals surface area contributed by atoms with E-state index in [0.717, 1.165) is 6.54 Å². The lowest BCUT2D eigenvalue weighted by Crippen LogP contribution is -2.03. The molecule has 0 unspecified atom stereocenters. The van der Waals surface area contributed by atoms with Crippen LogP contribution >= 0.6 is 0 Å². The number of aromatic nitrogens is 1. The molecule has 0 fully saturated rings. The smallest absolute Gasteiger partial charge is 0.0494 e. The van der Waals surface area contributed by atoms with Gasteiger partial charge < -0.3 is 4.57 Å². The van der Waals surface area contributed by atoms with Crippen LogP contribution in [0.25, 0.3) is 21.8 Å². The van der Waals surface area contributed by atoms with Crippen LogP contribution in [0.5, 0.6) is 0 Å². The standard InChI is InChI=1S/C22H21N/c1-15-12-13-18(17(3)16(15)2)14-23-21-10-6-4-8-19(21)20-9-5-7-11-22(20)23/h4-13H,14H2,1-3H3. The van der Waals surface area contributed by atoms with Gasteiger partial charge in [-0.15, -0.1) is 0 Å². The molecule has 114 valence electrons. The van der Waals surface area contributed by atoms with Crippen molar-refractivity contribution in [2.75, 3.05) is 0 Å². The minimum absolute atomic E-state index is 0.918. The second-order valence-corrected chi connectivity index (χ2v) is 6.41. The molecule has 0 aliphatic carbocycles. The van der Waals surface area contributed by atoms with Gasteiger partial charge >= 0.3 is 0 Å². The Morgan fingerprint density at radius 2 is 1.22 bits per heavy atom. The second-order valence-electron chi connectivity index (χ2n) is 6.41. The lowest BCUT2D eigenvalue weighted by atomic mass is 9.99. The molecule has 1 nitrogen and oxygen atoms in total. The van der Waals surface area contributed by atoms with Gasteiger partial charge in [0.2, 0.25) is 0 Å². The molecule has 0 amide bonds. The molecule has 0 spiro atoms. The van der Waals surface area contributed by atoms with Gasteiger partial charge in [0, 0.05) is 28.4 Å². The maximum Gasteiger partial charge on any atom is 0.0494 e. The molecule has 1 aromatic heterocycles. The van der Waals surface area contributed by atoms with E-state index in [9.17, 15) is 0 Å². The summed E-state index contributed by atoms with van der Waals surface area (Å²) >= 11 is 0. The van der Waals surface area contributed by atoms with E-state index in [-0.39, 0.29) is 0 Å².